The fraction of sp³-hybridized carbons (Fsp3) is 0.368. The van der Waals surface area contributed by atoms with E-state index in [1.807, 2.05) is 24.3 Å². The van der Waals surface area contributed by atoms with Gasteiger partial charge in [-0.05, 0) is 41.3 Å². The van der Waals surface area contributed by atoms with Crippen LogP contribution in [0.3, 0.4) is 0 Å². The van der Waals surface area contributed by atoms with Crippen molar-refractivity contribution in [1.82, 2.24) is 0 Å². The fourth-order valence-corrected chi connectivity index (χ4v) is 2.28. The van der Waals surface area contributed by atoms with Crippen LogP contribution in [0.4, 0.5) is 0 Å². The van der Waals surface area contributed by atoms with Gasteiger partial charge in [0.1, 0.15) is 11.5 Å². The van der Waals surface area contributed by atoms with Crippen LogP contribution < -0.4 is 4.74 Å². The molecule has 0 aliphatic rings. The summed E-state index contributed by atoms with van der Waals surface area (Å²) in [6, 6.07) is 15.7. The molecule has 0 atom stereocenters. The lowest BCUT2D eigenvalue weighted by atomic mass is 9.78. The molecule has 2 rings (SSSR count). The average Bonchev–Trinajstić information content (AvgIpc) is 2.46. The van der Waals surface area contributed by atoms with Gasteiger partial charge in [-0.25, -0.2) is 0 Å². The lowest BCUT2D eigenvalue weighted by Gasteiger charge is -2.26. The van der Waals surface area contributed by atoms with Crippen LogP contribution in [0.1, 0.15) is 38.8 Å². The van der Waals surface area contributed by atoms with E-state index in [1.165, 1.54) is 11.1 Å². The zero-order valence-electron chi connectivity index (χ0n) is 13.3. The van der Waals surface area contributed by atoms with Gasteiger partial charge in [0.15, 0.2) is 0 Å². The highest BCUT2D eigenvalue weighted by molar-refractivity contribution is 5.41. The van der Waals surface area contributed by atoms with Crippen molar-refractivity contribution in [3.05, 3.63) is 59.7 Å². The lowest BCUT2D eigenvalue weighted by Crippen LogP contribution is -2.18. The minimum atomic E-state index is -0.107. The van der Waals surface area contributed by atoms with E-state index in [9.17, 15) is 5.11 Å². The van der Waals surface area contributed by atoms with Gasteiger partial charge in [0.25, 0.3) is 0 Å². The molecular weight excluding hydrogens is 260 g/mol. The second kappa shape index (κ2) is 6.21. The monoisotopic (exact) mass is 284 g/mol. The summed E-state index contributed by atoms with van der Waals surface area (Å²) in [6.45, 7) is 9.39. The van der Waals surface area contributed by atoms with Crippen LogP contribution in [0.15, 0.2) is 48.5 Å². The van der Waals surface area contributed by atoms with Crippen LogP contribution in [0.5, 0.6) is 11.5 Å². The Labute approximate surface area is 127 Å². The van der Waals surface area contributed by atoms with Crippen LogP contribution in [0.2, 0.25) is 0 Å². The van der Waals surface area contributed by atoms with Crippen LogP contribution in [-0.4, -0.2) is 11.7 Å². The summed E-state index contributed by atoms with van der Waals surface area (Å²) in [7, 11) is 0. The molecule has 2 aromatic carbocycles. The molecule has 0 unspecified atom stereocenters. The zero-order chi connectivity index (χ0) is 15.5. The molecule has 0 spiro atoms. The molecule has 0 heterocycles. The highest BCUT2D eigenvalue weighted by Crippen LogP contribution is 2.33. The quantitative estimate of drug-likeness (QED) is 0.858. The van der Waals surface area contributed by atoms with Crippen molar-refractivity contribution in [2.75, 3.05) is 6.61 Å². The smallest absolute Gasteiger partial charge is 0.119 e. The van der Waals surface area contributed by atoms with E-state index >= 15 is 0 Å². The molecule has 0 saturated heterocycles. The maximum Gasteiger partial charge on any atom is 0.119 e. The molecule has 2 aromatic rings. The molecule has 1 N–H and O–H groups in total. The summed E-state index contributed by atoms with van der Waals surface area (Å²) in [5, 5.41) is 9.42. The third-order valence-electron chi connectivity index (χ3n) is 3.75. The second-order valence-corrected chi connectivity index (χ2v) is 6.40. The van der Waals surface area contributed by atoms with Crippen LogP contribution in [-0.2, 0) is 5.41 Å². The Balaban J connectivity index is 2.18. The SMILES string of the molecule is CC(C)COc1ccc(C(C)(C)c2ccc(O)cc2)cc1. The normalized spacial score (nSPS) is 11.7. The van der Waals surface area contributed by atoms with Gasteiger partial charge in [-0.3, -0.25) is 0 Å². The highest BCUT2D eigenvalue weighted by Gasteiger charge is 2.22. The Kier molecular flexibility index (Phi) is 4.56. The third-order valence-corrected chi connectivity index (χ3v) is 3.75. The molecule has 0 saturated carbocycles. The van der Waals surface area contributed by atoms with Gasteiger partial charge >= 0.3 is 0 Å². The van der Waals surface area contributed by atoms with E-state index in [0.717, 1.165) is 12.4 Å². The number of ether oxygens (including phenoxy) is 1. The largest absolute Gasteiger partial charge is 0.508 e. The Morgan fingerprint density at radius 2 is 1.38 bits per heavy atom. The maximum absolute atomic E-state index is 9.42. The van der Waals surface area contributed by atoms with Gasteiger partial charge in [0.2, 0.25) is 0 Å². The topological polar surface area (TPSA) is 29.5 Å². The molecule has 112 valence electrons. The van der Waals surface area contributed by atoms with Crippen molar-refractivity contribution in [1.29, 1.82) is 0 Å². The number of phenolic OH excluding ortho intramolecular Hbond substituents is 1. The summed E-state index contributed by atoms with van der Waals surface area (Å²) in [5.74, 6) is 1.74. The van der Waals surface area contributed by atoms with Crippen LogP contribution in [0, 0.1) is 5.92 Å². The second-order valence-electron chi connectivity index (χ2n) is 6.40. The van der Waals surface area contributed by atoms with E-state index in [4.69, 9.17) is 4.74 Å². The van der Waals surface area contributed by atoms with Gasteiger partial charge < -0.3 is 9.84 Å². The summed E-state index contributed by atoms with van der Waals surface area (Å²) in [4.78, 5) is 0. The fourth-order valence-electron chi connectivity index (χ4n) is 2.28. The summed E-state index contributed by atoms with van der Waals surface area (Å²) in [6.07, 6.45) is 0. The van der Waals surface area contributed by atoms with Gasteiger partial charge in [-0.1, -0.05) is 52.0 Å². The molecule has 21 heavy (non-hydrogen) atoms. The van der Waals surface area contributed by atoms with E-state index < -0.39 is 0 Å². The number of benzene rings is 2. The third kappa shape index (κ3) is 3.78. The molecule has 0 amide bonds. The van der Waals surface area contributed by atoms with Crippen molar-refractivity contribution in [2.45, 2.75) is 33.1 Å². The van der Waals surface area contributed by atoms with Gasteiger partial charge in [0.05, 0.1) is 6.61 Å². The van der Waals surface area contributed by atoms with Gasteiger partial charge in [0, 0.05) is 5.41 Å². The Morgan fingerprint density at radius 1 is 0.905 bits per heavy atom. The van der Waals surface area contributed by atoms with Crippen molar-refractivity contribution in [2.24, 2.45) is 5.92 Å². The van der Waals surface area contributed by atoms with E-state index in [0.29, 0.717) is 11.7 Å². The zero-order valence-corrected chi connectivity index (χ0v) is 13.3. The molecule has 0 fully saturated rings. The number of hydrogen-bond donors (Lipinski definition) is 1. The van der Waals surface area contributed by atoms with Crippen molar-refractivity contribution < 1.29 is 9.84 Å². The molecular formula is C19H24O2. The Hall–Kier alpha value is -1.96. The van der Waals surface area contributed by atoms with E-state index in [1.54, 1.807) is 12.1 Å². The van der Waals surface area contributed by atoms with Crippen LogP contribution >= 0.6 is 0 Å². The first-order valence-corrected chi connectivity index (χ1v) is 7.42. The van der Waals surface area contributed by atoms with Crippen molar-refractivity contribution in [3.8, 4) is 11.5 Å². The Bertz CT molecular complexity index is 566. The first-order chi connectivity index (χ1) is 9.89. The molecule has 2 nitrogen and oxygen atoms in total. The number of phenols is 1. The average molecular weight is 284 g/mol. The first kappa shape index (κ1) is 15.4. The molecule has 0 aliphatic carbocycles. The predicted molar refractivity (Wildman–Crippen MR) is 87.0 cm³/mol. The maximum atomic E-state index is 9.42. The molecule has 0 radical (unpaired) electrons. The van der Waals surface area contributed by atoms with Gasteiger partial charge in [-0.15, -0.1) is 0 Å². The number of aromatic hydroxyl groups is 1. The predicted octanol–water partition coefficient (Wildman–Crippen LogP) is 4.75. The molecule has 0 aliphatic heterocycles. The van der Waals surface area contributed by atoms with Gasteiger partial charge in [-0.2, -0.15) is 0 Å². The van der Waals surface area contributed by atoms with Crippen molar-refractivity contribution in [3.63, 3.8) is 0 Å². The summed E-state index contributed by atoms with van der Waals surface area (Å²) in [5.41, 5.74) is 2.30. The molecule has 0 aromatic heterocycles. The standard InChI is InChI=1S/C19H24O2/c1-14(2)13-21-18-11-7-16(8-12-18)19(3,4)15-5-9-17(20)10-6-15/h5-12,14,20H,13H2,1-4H3. The first-order valence-electron chi connectivity index (χ1n) is 7.42. The summed E-state index contributed by atoms with van der Waals surface area (Å²) >= 11 is 0. The minimum Gasteiger partial charge on any atom is -0.508 e. The minimum absolute atomic E-state index is 0.107. The highest BCUT2D eigenvalue weighted by atomic mass is 16.5. The van der Waals surface area contributed by atoms with Crippen molar-refractivity contribution >= 4 is 0 Å². The summed E-state index contributed by atoms with van der Waals surface area (Å²) < 4.78 is 5.72. The number of rotatable bonds is 5. The Morgan fingerprint density at radius 3 is 1.86 bits per heavy atom. The number of hydrogen-bond acceptors (Lipinski definition) is 2. The van der Waals surface area contributed by atoms with Crippen LogP contribution in [0.25, 0.3) is 0 Å². The molecule has 2 heteroatoms. The molecule has 0 bridgehead atoms. The van der Waals surface area contributed by atoms with E-state index in [2.05, 4.69) is 39.8 Å². The van der Waals surface area contributed by atoms with E-state index in [-0.39, 0.29) is 5.41 Å². The lowest BCUT2D eigenvalue weighted by molar-refractivity contribution is 0.271.